The largest absolute Gasteiger partial charge is 0.396 e. The van der Waals surface area contributed by atoms with E-state index in [1.54, 1.807) is 0 Å². The molecule has 1 unspecified atom stereocenters. The molecule has 3 nitrogen and oxygen atoms in total. The van der Waals surface area contributed by atoms with Crippen LogP contribution in [0.3, 0.4) is 0 Å². The highest BCUT2D eigenvalue weighted by atomic mass is 16.3. The fourth-order valence-electron chi connectivity index (χ4n) is 1.50. The molecule has 1 atom stereocenters. The van der Waals surface area contributed by atoms with Crippen molar-refractivity contribution in [1.82, 2.24) is 10.3 Å². The van der Waals surface area contributed by atoms with Crippen LogP contribution in [0.1, 0.15) is 31.5 Å². The zero-order valence-electron chi connectivity index (χ0n) is 10.5. The second kappa shape index (κ2) is 5.97. The quantitative estimate of drug-likeness (QED) is 0.772. The molecule has 0 amide bonds. The summed E-state index contributed by atoms with van der Waals surface area (Å²) in [4.78, 5) is 4.25. The van der Waals surface area contributed by atoms with Crippen LogP contribution in [0.5, 0.6) is 0 Å². The van der Waals surface area contributed by atoms with Crippen molar-refractivity contribution in [2.75, 3.05) is 13.2 Å². The van der Waals surface area contributed by atoms with E-state index in [0.29, 0.717) is 0 Å². The van der Waals surface area contributed by atoms with Gasteiger partial charge in [0.1, 0.15) is 0 Å². The van der Waals surface area contributed by atoms with Crippen molar-refractivity contribution in [2.24, 2.45) is 5.41 Å². The molecule has 1 rings (SSSR count). The first-order valence-corrected chi connectivity index (χ1v) is 5.83. The molecular weight excluding hydrogens is 200 g/mol. The van der Waals surface area contributed by atoms with Crippen molar-refractivity contribution in [3.05, 3.63) is 29.6 Å². The molecule has 0 radical (unpaired) electrons. The van der Waals surface area contributed by atoms with Crippen LogP contribution in [-0.4, -0.2) is 23.2 Å². The lowest BCUT2D eigenvalue weighted by atomic mass is 9.88. The van der Waals surface area contributed by atoms with Crippen molar-refractivity contribution in [3.63, 3.8) is 0 Å². The van der Waals surface area contributed by atoms with Gasteiger partial charge in [-0.05, 0) is 25.0 Å². The lowest BCUT2D eigenvalue weighted by molar-refractivity contribution is 0.135. The third-order valence-corrected chi connectivity index (χ3v) is 3.22. The molecule has 1 heterocycles. The summed E-state index contributed by atoms with van der Waals surface area (Å²) in [5.41, 5.74) is 2.27. The summed E-state index contributed by atoms with van der Waals surface area (Å²) < 4.78 is 0. The number of hydrogen-bond donors (Lipinski definition) is 2. The molecule has 0 aliphatic carbocycles. The third kappa shape index (κ3) is 3.58. The van der Waals surface area contributed by atoms with E-state index < -0.39 is 0 Å². The molecule has 1 aromatic rings. The van der Waals surface area contributed by atoms with Gasteiger partial charge in [-0.25, -0.2) is 0 Å². The van der Waals surface area contributed by atoms with E-state index in [1.807, 2.05) is 19.2 Å². The Morgan fingerprint density at radius 1 is 1.50 bits per heavy atom. The molecule has 0 fully saturated rings. The number of aromatic nitrogens is 1. The number of pyridine rings is 1. The molecule has 16 heavy (non-hydrogen) atoms. The van der Waals surface area contributed by atoms with Gasteiger partial charge < -0.3 is 10.4 Å². The van der Waals surface area contributed by atoms with Gasteiger partial charge in [0.05, 0.1) is 0 Å². The Bertz CT molecular complexity index is 321. The van der Waals surface area contributed by atoms with Gasteiger partial charge in [-0.1, -0.05) is 19.9 Å². The Balaban J connectivity index is 2.44. The minimum absolute atomic E-state index is 0.0177. The van der Waals surface area contributed by atoms with Crippen LogP contribution in [0, 0.1) is 12.3 Å². The maximum absolute atomic E-state index is 9.28. The molecule has 0 bridgehead atoms. The SMILES string of the molecule is CCC(C)(CO)CNCc1cccnc1C. The van der Waals surface area contributed by atoms with Gasteiger partial charge in [0.2, 0.25) is 0 Å². The summed E-state index contributed by atoms with van der Waals surface area (Å²) in [6.45, 7) is 8.08. The Kier molecular flexibility index (Phi) is 4.90. The van der Waals surface area contributed by atoms with Crippen molar-refractivity contribution in [1.29, 1.82) is 0 Å². The van der Waals surface area contributed by atoms with E-state index in [9.17, 15) is 5.11 Å². The fourth-order valence-corrected chi connectivity index (χ4v) is 1.50. The van der Waals surface area contributed by atoms with Gasteiger partial charge >= 0.3 is 0 Å². The van der Waals surface area contributed by atoms with E-state index in [2.05, 4.69) is 30.2 Å². The highest BCUT2D eigenvalue weighted by Gasteiger charge is 2.20. The van der Waals surface area contributed by atoms with Gasteiger partial charge in [-0.3, -0.25) is 4.98 Å². The van der Waals surface area contributed by atoms with Crippen molar-refractivity contribution < 1.29 is 5.11 Å². The summed E-state index contributed by atoms with van der Waals surface area (Å²) >= 11 is 0. The first-order valence-electron chi connectivity index (χ1n) is 5.83. The summed E-state index contributed by atoms with van der Waals surface area (Å²) in [7, 11) is 0. The lowest BCUT2D eigenvalue weighted by Crippen LogP contribution is -2.34. The molecule has 0 spiro atoms. The fraction of sp³-hybridized carbons (Fsp3) is 0.615. The molecule has 2 N–H and O–H groups in total. The van der Waals surface area contributed by atoms with Gasteiger partial charge in [0.15, 0.2) is 0 Å². The summed E-state index contributed by atoms with van der Waals surface area (Å²) in [5.74, 6) is 0. The number of aliphatic hydroxyl groups is 1. The van der Waals surface area contributed by atoms with E-state index in [1.165, 1.54) is 5.56 Å². The average molecular weight is 222 g/mol. The smallest absolute Gasteiger partial charge is 0.0496 e. The lowest BCUT2D eigenvalue weighted by Gasteiger charge is -2.26. The van der Waals surface area contributed by atoms with E-state index in [-0.39, 0.29) is 12.0 Å². The van der Waals surface area contributed by atoms with Crippen LogP contribution in [0.15, 0.2) is 18.3 Å². The molecule has 0 aliphatic rings. The Labute approximate surface area is 97.9 Å². The van der Waals surface area contributed by atoms with Gasteiger partial charge in [-0.2, -0.15) is 0 Å². The van der Waals surface area contributed by atoms with Crippen molar-refractivity contribution in [3.8, 4) is 0 Å². The summed E-state index contributed by atoms with van der Waals surface area (Å²) in [5, 5.41) is 12.7. The Morgan fingerprint density at radius 2 is 2.25 bits per heavy atom. The standard InChI is InChI=1S/C13H22N2O/c1-4-13(3,10-16)9-14-8-12-6-5-7-15-11(12)2/h5-7,14,16H,4,8-10H2,1-3H3. The molecule has 3 heteroatoms. The average Bonchev–Trinajstić information content (AvgIpc) is 2.31. The Hall–Kier alpha value is -0.930. The normalized spacial score (nSPS) is 14.8. The minimum atomic E-state index is -0.0177. The zero-order chi connectivity index (χ0) is 12.0. The summed E-state index contributed by atoms with van der Waals surface area (Å²) in [6.07, 6.45) is 2.78. The second-order valence-corrected chi connectivity index (χ2v) is 4.67. The first-order chi connectivity index (χ1) is 7.61. The second-order valence-electron chi connectivity index (χ2n) is 4.67. The Morgan fingerprint density at radius 3 is 2.81 bits per heavy atom. The van der Waals surface area contributed by atoms with Crippen LogP contribution in [0.2, 0.25) is 0 Å². The number of aliphatic hydroxyl groups excluding tert-OH is 1. The maximum atomic E-state index is 9.28. The number of aryl methyl sites for hydroxylation is 1. The predicted octanol–water partition coefficient (Wildman–Crippen LogP) is 1.89. The first kappa shape index (κ1) is 13.1. The molecule has 90 valence electrons. The van der Waals surface area contributed by atoms with E-state index in [0.717, 1.165) is 25.2 Å². The molecule has 0 saturated heterocycles. The number of nitrogens with zero attached hydrogens (tertiary/aromatic N) is 1. The maximum Gasteiger partial charge on any atom is 0.0496 e. The topological polar surface area (TPSA) is 45.1 Å². The summed E-state index contributed by atoms with van der Waals surface area (Å²) in [6, 6.07) is 4.03. The third-order valence-electron chi connectivity index (χ3n) is 3.22. The molecule has 0 aliphatic heterocycles. The van der Waals surface area contributed by atoms with Crippen molar-refractivity contribution in [2.45, 2.75) is 33.7 Å². The zero-order valence-corrected chi connectivity index (χ0v) is 10.5. The highest BCUT2D eigenvalue weighted by Crippen LogP contribution is 2.18. The minimum Gasteiger partial charge on any atom is -0.396 e. The van der Waals surface area contributed by atoms with Crippen LogP contribution in [-0.2, 0) is 6.54 Å². The molecular formula is C13H22N2O. The number of rotatable bonds is 6. The van der Waals surface area contributed by atoms with Crippen LogP contribution in [0.25, 0.3) is 0 Å². The molecule has 1 aromatic heterocycles. The van der Waals surface area contributed by atoms with E-state index in [4.69, 9.17) is 0 Å². The number of hydrogen-bond acceptors (Lipinski definition) is 3. The van der Waals surface area contributed by atoms with Gasteiger partial charge in [0, 0.05) is 37.0 Å². The number of nitrogens with one attached hydrogen (secondary N) is 1. The predicted molar refractivity (Wildman–Crippen MR) is 66.2 cm³/mol. The van der Waals surface area contributed by atoms with Crippen LogP contribution < -0.4 is 5.32 Å². The van der Waals surface area contributed by atoms with Crippen molar-refractivity contribution >= 4 is 0 Å². The van der Waals surface area contributed by atoms with Gasteiger partial charge in [0.25, 0.3) is 0 Å². The monoisotopic (exact) mass is 222 g/mol. The molecule has 0 aromatic carbocycles. The molecule has 0 saturated carbocycles. The van der Waals surface area contributed by atoms with Gasteiger partial charge in [-0.15, -0.1) is 0 Å². The van der Waals surface area contributed by atoms with Crippen LogP contribution >= 0.6 is 0 Å². The highest BCUT2D eigenvalue weighted by molar-refractivity contribution is 5.17. The van der Waals surface area contributed by atoms with E-state index >= 15 is 0 Å². The van der Waals surface area contributed by atoms with Crippen LogP contribution in [0.4, 0.5) is 0 Å².